The quantitative estimate of drug-likeness (QED) is 0.911. The van der Waals surface area contributed by atoms with Crippen LogP contribution in [0.4, 0.5) is 0 Å². The van der Waals surface area contributed by atoms with E-state index in [0.717, 1.165) is 0 Å². The van der Waals surface area contributed by atoms with E-state index in [9.17, 15) is 4.79 Å². The van der Waals surface area contributed by atoms with Crippen molar-refractivity contribution in [3.05, 3.63) is 57.8 Å². The van der Waals surface area contributed by atoms with Gasteiger partial charge in [0.2, 0.25) is 0 Å². The van der Waals surface area contributed by atoms with Gasteiger partial charge >= 0.3 is 0 Å². The molecule has 0 fully saturated rings. The number of carbonyl (C=O) groups is 1. The monoisotopic (exact) mass is 293 g/mol. The molecule has 0 bridgehead atoms. The van der Waals surface area contributed by atoms with Gasteiger partial charge in [-0.25, -0.2) is 0 Å². The fourth-order valence-corrected chi connectivity index (χ4v) is 2.13. The van der Waals surface area contributed by atoms with Gasteiger partial charge in [0.1, 0.15) is 0 Å². The predicted octanol–water partition coefficient (Wildman–Crippen LogP) is 3.32. The number of aromatic nitrogens is 1. The molecule has 4 nitrogen and oxygen atoms in total. The van der Waals surface area contributed by atoms with Crippen LogP contribution in [0.1, 0.15) is 22.1 Å². The lowest BCUT2D eigenvalue weighted by molar-refractivity contribution is 0.0944. The summed E-state index contributed by atoms with van der Waals surface area (Å²) in [5, 5.41) is 12.4. The van der Waals surface area contributed by atoms with Crippen molar-refractivity contribution in [3.8, 4) is 6.07 Å². The highest BCUT2D eigenvalue weighted by molar-refractivity contribution is 6.35. The number of nitrogens with zero attached hydrogens (tertiary/aromatic N) is 1. The first kappa shape index (κ1) is 13.5. The van der Waals surface area contributed by atoms with Crippen LogP contribution in [-0.2, 0) is 0 Å². The van der Waals surface area contributed by atoms with Crippen molar-refractivity contribution in [1.29, 1.82) is 5.26 Å². The van der Waals surface area contributed by atoms with Gasteiger partial charge in [-0.1, -0.05) is 23.2 Å². The van der Waals surface area contributed by atoms with E-state index in [-0.39, 0.29) is 0 Å². The average molecular weight is 294 g/mol. The number of nitrogens with one attached hydrogen (secondary N) is 2. The molecule has 2 N–H and O–H groups in total. The van der Waals surface area contributed by atoms with Crippen LogP contribution in [-0.4, -0.2) is 10.9 Å². The molecular weight excluding hydrogens is 285 g/mol. The van der Waals surface area contributed by atoms with Gasteiger partial charge < -0.3 is 10.3 Å². The van der Waals surface area contributed by atoms with Crippen molar-refractivity contribution in [1.82, 2.24) is 10.3 Å². The Morgan fingerprint density at radius 1 is 1.32 bits per heavy atom. The van der Waals surface area contributed by atoms with Crippen LogP contribution in [0.15, 0.2) is 36.5 Å². The van der Waals surface area contributed by atoms with Crippen LogP contribution >= 0.6 is 23.2 Å². The van der Waals surface area contributed by atoms with E-state index in [4.69, 9.17) is 28.5 Å². The maximum Gasteiger partial charge on any atom is 0.252 e. The largest absolute Gasteiger partial charge is 0.362 e. The van der Waals surface area contributed by atoms with E-state index in [1.165, 1.54) is 18.2 Å². The Balaban J connectivity index is 2.19. The molecule has 0 saturated carbocycles. The number of H-pyrrole nitrogens is 1. The van der Waals surface area contributed by atoms with E-state index in [0.29, 0.717) is 21.3 Å². The van der Waals surface area contributed by atoms with Crippen LogP contribution in [0.5, 0.6) is 0 Å². The molecule has 19 heavy (non-hydrogen) atoms. The molecular formula is C13H9Cl2N3O. The van der Waals surface area contributed by atoms with Crippen molar-refractivity contribution in [3.63, 3.8) is 0 Å². The number of benzene rings is 1. The van der Waals surface area contributed by atoms with E-state index in [1.807, 2.05) is 6.07 Å². The molecule has 2 aromatic rings. The molecule has 1 aromatic carbocycles. The van der Waals surface area contributed by atoms with Crippen molar-refractivity contribution >= 4 is 29.1 Å². The first-order valence-electron chi connectivity index (χ1n) is 5.40. The highest BCUT2D eigenvalue weighted by Crippen LogP contribution is 2.19. The number of nitriles is 1. The molecule has 1 aromatic heterocycles. The number of carbonyl (C=O) groups excluding carboxylic acids is 1. The topological polar surface area (TPSA) is 68.7 Å². The standard InChI is InChI=1S/C13H9Cl2N3O/c14-9-4-8(5-10(15)6-9)13(19)18-12(7-16)11-2-1-3-17-11/h1-6,12,17H,(H,18,19). The SMILES string of the molecule is N#CC(NC(=O)c1cc(Cl)cc(Cl)c1)c1ccc[nH]1. The minimum Gasteiger partial charge on any atom is -0.362 e. The summed E-state index contributed by atoms with van der Waals surface area (Å²) in [5.74, 6) is -0.412. The van der Waals surface area contributed by atoms with E-state index < -0.39 is 11.9 Å². The van der Waals surface area contributed by atoms with Crippen molar-refractivity contribution in [2.24, 2.45) is 0 Å². The molecule has 1 unspecified atom stereocenters. The lowest BCUT2D eigenvalue weighted by Crippen LogP contribution is -2.27. The van der Waals surface area contributed by atoms with Gasteiger partial charge in [-0.3, -0.25) is 4.79 Å². The number of amides is 1. The first-order valence-corrected chi connectivity index (χ1v) is 6.15. The number of aromatic amines is 1. The van der Waals surface area contributed by atoms with Crippen molar-refractivity contribution in [2.75, 3.05) is 0 Å². The lowest BCUT2D eigenvalue weighted by Gasteiger charge is -2.10. The molecule has 0 saturated heterocycles. The molecule has 2 rings (SSSR count). The van der Waals surface area contributed by atoms with E-state index >= 15 is 0 Å². The Morgan fingerprint density at radius 2 is 2.00 bits per heavy atom. The van der Waals surface area contributed by atoms with Gasteiger partial charge in [-0.15, -0.1) is 0 Å². The minimum absolute atomic E-state index is 0.310. The minimum atomic E-state index is -0.750. The van der Waals surface area contributed by atoms with Gasteiger partial charge in [0.25, 0.3) is 5.91 Å². The second-order valence-electron chi connectivity index (χ2n) is 3.82. The summed E-state index contributed by atoms with van der Waals surface area (Å²) in [6.07, 6.45) is 1.68. The van der Waals surface area contributed by atoms with Gasteiger partial charge in [-0.05, 0) is 30.3 Å². The van der Waals surface area contributed by atoms with Gasteiger partial charge in [-0.2, -0.15) is 5.26 Å². The second kappa shape index (κ2) is 5.79. The fourth-order valence-electron chi connectivity index (χ4n) is 1.60. The molecule has 1 atom stereocenters. The van der Waals surface area contributed by atoms with Crippen molar-refractivity contribution < 1.29 is 4.79 Å². The van der Waals surface area contributed by atoms with E-state index in [1.54, 1.807) is 18.3 Å². The third kappa shape index (κ3) is 3.28. The molecule has 0 radical (unpaired) electrons. The Kier molecular flexibility index (Phi) is 4.10. The van der Waals surface area contributed by atoms with Crippen LogP contribution < -0.4 is 5.32 Å². The van der Waals surface area contributed by atoms with Gasteiger partial charge in [0.15, 0.2) is 6.04 Å². The number of rotatable bonds is 3. The second-order valence-corrected chi connectivity index (χ2v) is 4.69. The average Bonchev–Trinajstić information content (AvgIpc) is 2.88. The highest BCUT2D eigenvalue weighted by Gasteiger charge is 2.16. The number of halogens is 2. The van der Waals surface area contributed by atoms with Gasteiger partial charge in [0, 0.05) is 21.8 Å². The molecule has 1 amide bonds. The summed E-state index contributed by atoms with van der Waals surface area (Å²) in [6.45, 7) is 0. The Labute approximate surface area is 120 Å². The zero-order chi connectivity index (χ0) is 13.8. The molecule has 0 spiro atoms. The number of hydrogen-bond donors (Lipinski definition) is 2. The Bertz CT molecular complexity index is 612. The molecule has 96 valence electrons. The Morgan fingerprint density at radius 3 is 2.53 bits per heavy atom. The predicted molar refractivity (Wildman–Crippen MR) is 73.1 cm³/mol. The summed E-state index contributed by atoms with van der Waals surface area (Å²) in [5.41, 5.74) is 0.924. The summed E-state index contributed by atoms with van der Waals surface area (Å²) in [6, 6.07) is 9.25. The van der Waals surface area contributed by atoms with Crippen LogP contribution in [0, 0.1) is 11.3 Å². The zero-order valence-electron chi connectivity index (χ0n) is 9.65. The summed E-state index contributed by atoms with van der Waals surface area (Å²) < 4.78 is 0. The third-order valence-electron chi connectivity index (χ3n) is 2.46. The van der Waals surface area contributed by atoms with Crippen LogP contribution in [0.2, 0.25) is 10.0 Å². The summed E-state index contributed by atoms with van der Waals surface area (Å²) in [7, 11) is 0. The van der Waals surface area contributed by atoms with Gasteiger partial charge in [0.05, 0.1) is 11.8 Å². The Hall–Kier alpha value is -1.96. The van der Waals surface area contributed by atoms with Crippen LogP contribution in [0.3, 0.4) is 0 Å². The zero-order valence-corrected chi connectivity index (χ0v) is 11.2. The first-order chi connectivity index (χ1) is 9.10. The highest BCUT2D eigenvalue weighted by atomic mass is 35.5. The molecule has 0 aliphatic heterocycles. The summed E-state index contributed by atoms with van der Waals surface area (Å²) >= 11 is 11.7. The molecule has 6 heteroatoms. The maximum absolute atomic E-state index is 12.0. The number of hydrogen-bond acceptors (Lipinski definition) is 2. The maximum atomic E-state index is 12.0. The van der Waals surface area contributed by atoms with Crippen molar-refractivity contribution in [2.45, 2.75) is 6.04 Å². The summed E-state index contributed by atoms with van der Waals surface area (Å²) in [4.78, 5) is 14.9. The lowest BCUT2D eigenvalue weighted by atomic mass is 10.1. The normalized spacial score (nSPS) is 11.6. The molecule has 1 heterocycles. The smallest absolute Gasteiger partial charge is 0.252 e. The molecule has 0 aliphatic rings. The third-order valence-corrected chi connectivity index (χ3v) is 2.90. The van der Waals surface area contributed by atoms with Crippen LogP contribution in [0.25, 0.3) is 0 Å². The fraction of sp³-hybridized carbons (Fsp3) is 0.0769. The van der Waals surface area contributed by atoms with E-state index in [2.05, 4.69) is 10.3 Å². The molecule has 0 aliphatic carbocycles.